The second-order valence-electron chi connectivity index (χ2n) is 5.57. The maximum atomic E-state index is 11.5. The van der Waals surface area contributed by atoms with Gasteiger partial charge in [0.15, 0.2) is 9.84 Å². The standard InChI is InChI=1S/C16H18O3S/c17-16(14-8-9-20(18,19)11-14)10-13-6-3-5-12-4-1-2-7-15(12)13/h1-7,14,16-17H,8-11H2. The summed E-state index contributed by atoms with van der Waals surface area (Å²) in [5.74, 6) is 0.211. The van der Waals surface area contributed by atoms with E-state index in [2.05, 4.69) is 0 Å². The molecule has 0 amide bonds. The Morgan fingerprint density at radius 3 is 2.65 bits per heavy atom. The number of hydrogen-bond acceptors (Lipinski definition) is 3. The van der Waals surface area contributed by atoms with E-state index in [1.807, 2.05) is 42.5 Å². The Labute approximate surface area is 119 Å². The number of rotatable bonds is 3. The van der Waals surface area contributed by atoms with Crippen LogP contribution in [0.25, 0.3) is 10.8 Å². The average Bonchev–Trinajstić information content (AvgIpc) is 2.80. The molecule has 106 valence electrons. The van der Waals surface area contributed by atoms with Crippen molar-refractivity contribution in [3.63, 3.8) is 0 Å². The summed E-state index contributed by atoms with van der Waals surface area (Å²) in [7, 11) is -2.94. The molecule has 2 aromatic rings. The first-order valence-corrected chi connectivity index (χ1v) is 8.72. The van der Waals surface area contributed by atoms with E-state index in [4.69, 9.17) is 0 Å². The second-order valence-corrected chi connectivity index (χ2v) is 7.80. The van der Waals surface area contributed by atoms with Gasteiger partial charge >= 0.3 is 0 Å². The van der Waals surface area contributed by atoms with Crippen LogP contribution in [0.3, 0.4) is 0 Å². The van der Waals surface area contributed by atoms with Crippen molar-refractivity contribution >= 4 is 20.6 Å². The van der Waals surface area contributed by atoms with Crippen molar-refractivity contribution in [2.45, 2.75) is 18.9 Å². The Morgan fingerprint density at radius 2 is 1.90 bits per heavy atom. The number of hydrogen-bond donors (Lipinski definition) is 1. The molecule has 0 spiro atoms. The molecule has 3 nitrogen and oxygen atoms in total. The largest absolute Gasteiger partial charge is 0.392 e. The lowest BCUT2D eigenvalue weighted by atomic mass is 9.93. The Hall–Kier alpha value is -1.39. The van der Waals surface area contributed by atoms with Crippen molar-refractivity contribution in [3.05, 3.63) is 48.0 Å². The maximum Gasteiger partial charge on any atom is 0.150 e. The fourth-order valence-electron chi connectivity index (χ4n) is 2.99. The van der Waals surface area contributed by atoms with E-state index < -0.39 is 15.9 Å². The zero-order valence-corrected chi connectivity index (χ0v) is 12.0. The molecule has 0 aromatic heterocycles. The molecule has 0 bridgehead atoms. The van der Waals surface area contributed by atoms with Gasteiger partial charge in [-0.15, -0.1) is 0 Å². The van der Waals surface area contributed by atoms with Crippen molar-refractivity contribution < 1.29 is 13.5 Å². The molecule has 0 aliphatic carbocycles. The van der Waals surface area contributed by atoms with Gasteiger partial charge in [-0.3, -0.25) is 0 Å². The minimum atomic E-state index is -2.94. The lowest BCUT2D eigenvalue weighted by Crippen LogP contribution is -2.24. The third-order valence-electron chi connectivity index (χ3n) is 4.12. The van der Waals surface area contributed by atoms with E-state index in [9.17, 15) is 13.5 Å². The van der Waals surface area contributed by atoms with Gasteiger partial charge in [0.25, 0.3) is 0 Å². The van der Waals surface area contributed by atoms with Gasteiger partial charge in [-0.25, -0.2) is 8.42 Å². The van der Waals surface area contributed by atoms with Crippen LogP contribution in [0.1, 0.15) is 12.0 Å². The molecule has 1 aliphatic rings. The smallest absolute Gasteiger partial charge is 0.150 e. The van der Waals surface area contributed by atoms with Gasteiger partial charge in [-0.2, -0.15) is 0 Å². The Kier molecular flexibility index (Phi) is 3.52. The second kappa shape index (κ2) is 5.19. The van der Waals surface area contributed by atoms with Gasteiger partial charge in [-0.05, 0) is 29.2 Å². The van der Waals surface area contributed by atoms with E-state index in [-0.39, 0.29) is 17.4 Å². The van der Waals surface area contributed by atoms with Crippen LogP contribution in [-0.2, 0) is 16.3 Å². The summed E-state index contributed by atoms with van der Waals surface area (Å²) >= 11 is 0. The maximum absolute atomic E-state index is 11.5. The fourth-order valence-corrected chi connectivity index (χ4v) is 4.86. The molecular formula is C16H18O3S. The molecular weight excluding hydrogens is 272 g/mol. The third-order valence-corrected chi connectivity index (χ3v) is 5.91. The minimum Gasteiger partial charge on any atom is -0.392 e. The molecule has 2 aromatic carbocycles. The first-order chi connectivity index (χ1) is 9.55. The first-order valence-electron chi connectivity index (χ1n) is 6.90. The third kappa shape index (κ3) is 2.72. The van der Waals surface area contributed by atoms with Crippen molar-refractivity contribution in [3.8, 4) is 0 Å². The van der Waals surface area contributed by atoms with Gasteiger partial charge in [0.05, 0.1) is 17.6 Å². The van der Waals surface area contributed by atoms with Crippen LogP contribution >= 0.6 is 0 Å². The number of aliphatic hydroxyl groups excluding tert-OH is 1. The zero-order valence-electron chi connectivity index (χ0n) is 11.2. The van der Waals surface area contributed by atoms with Crippen molar-refractivity contribution in [1.29, 1.82) is 0 Å². The topological polar surface area (TPSA) is 54.4 Å². The number of fused-ring (bicyclic) bond motifs is 1. The lowest BCUT2D eigenvalue weighted by Gasteiger charge is -2.17. The highest BCUT2D eigenvalue weighted by Crippen LogP contribution is 2.26. The summed E-state index contributed by atoms with van der Waals surface area (Å²) in [6.07, 6.45) is 0.508. The number of aliphatic hydroxyl groups is 1. The molecule has 2 atom stereocenters. The van der Waals surface area contributed by atoms with Gasteiger partial charge in [0.1, 0.15) is 0 Å². The molecule has 3 rings (SSSR count). The monoisotopic (exact) mass is 290 g/mol. The van der Waals surface area contributed by atoms with Crippen LogP contribution in [0.15, 0.2) is 42.5 Å². The summed E-state index contributed by atoms with van der Waals surface area (Å²) in [4.78, 5) is 0. The summed E-state index contributed by atoms with van der Waals surface area (Å²) < 4.78 is 23.0. The van der Waals surface area contributed by atoms with E-state index in [1.54, 1.807) is 0 Å². The molecule has 4 heteroatoms. The van der Waals surface area contributed by atoms with E-state index in [0.29, 0.717) is 12.8 Å². The van der Waals surface area contributed by atoms with Gasteiger partial charge in [0, 0.05) is 5.92 Å². The lowest BCUT2D eigenvalue weighted by molar-refractivity contribution is 0.120. The highest BCUT2D eigenvalue weighted by atomic mass is 32.2. The SMILES string of the molecule is O=S1(=O)CCC(C(O)Cc2cccc3ccccc23)C1. The molecule has 20 heavy (non-hydrogen) atoms. The van der Waals surface area contributed by atoms with Crippen LogP contribution in [-0.4, -0.2) is 31.1 Å². The molecule has 2 unspecified atom stereocenters. The molecule has 1 fully saturated rings. The molecule has 1 heterocycles. The Balaban J connectivity index is 1.83. The molecule has 0 saturated carbocycles. The van der Waals surface area contributed by atoms with Crippen LogP contribution < -0.4 is 0 Å². The first kappa shape index (κ1) is 13.6. The highest BCUT2D eigenvalue weighted by Gasteiger charge is 2.32. The number of benzene rings is 2. The highest BCUT2D eigenvalue weighted by molar-refractivity contribution is 7.91. The summed E-state index contributed by atoms with van der Waals surface area (Å²) in [6.45, 7) is 0. The Morgan fingerprint density at radius 1 is 1.15 bits per heavy atom. The summed E-state index contributed by atoms with van der Waals surface area (Å²) in [6, 6.07) is 14.1. The fraction of sp³-hybridized carbons (Fsp3) is 0.375. The minimum absolute atomic E-state index is 0.124. The normalized spacial score (nSPS) is 22.9. The van der Waals surface area contributed by atoms with Crippen molar-refractivity contribution in [2.24, 2.45) is 5.92 Å². The van der Waals surface area contributed by atoms with E-state index in [0.717, 1.165) is 16.3 Å². The average molecular weight is 290 g/mol. The predicted octanol–water partition coefficient (Wildman–Crippen LogP) is 2.18. The van der Waals surface area contributed by atoms with Gasteiger partial charge in [-0.1, -0.05) is 42.5 Å². The van der Waals surface area contributed by atoms with Gasteiger partial charge < -0.3 is 5.11 Å². The Bertz CT molecular complexity index is 716. The molecule has 1 aliphatic heterocycles. The van der Waals surface area contributed by atoms with Crippen LogP contribution in [0, 0.1) is 5.92 Å². The van der Waals surface area contributed by atoms with Crippen molar-refractivity contribution in [1.82, 2.24) is 0 Å². The van der Waals surface area contributed by atoms with Crippen molar-refractivity contribution in [2.75, 3.05) is 11.5 Å². The van der Waals surface area contributed by atoms with E-state index in [1.165, 1.54) is 0 Å². The zero-order chi connectivity index (χ0) is 14.2. The molecule has 1 N–H and O–H groups in total. The van der Waals surface area contributed by atoms with Crippen LogP contribution in [0.4, 0.5) is 0 Å². The number of sulfone groups is 1. The van der Waals surface area contributed by atoms with E-state index >= 15 is 0 Å². The van der Waals surface area contributed by atoms with Crippen LogP contribution in [0.2, 0.25) is 0 Å². The quantitative estimate of drug-likeness (QED) is 0.942. The molecule has 0 radical (unpaired) electrons. The summed E-state index contributed by atoms with van der Waals surface area (Å²) in [5.41, 5.74) is 1.08. The molecule has 1 saturated heterocycles. The van der Waals surface area contributed by atoms with Gasteiger partial charge in [0.2, 0.25) is 0 Å². The summed E-state index contributed by atoms with van der Waals surface area (Å²) in [5, 5.41) is 12.6. The van der Waals surface area contributed by atoms with Crippen LogP contribution in [0.5, 0.6) is 0 Å². The predicted molar refractivity (Wildman–Crippen MR) is 80.4 cm³/mol.